The Morgan fingerprint density at radius 1 is 0.825 bits per heavy atom. The van der Waals surface area contributed by atoms with Gasteiger partial charge in [-0.05, 0) is 50.5 Å². The molecule has 0 heterocycles. The number of amides is 1. The lowest BCUT2D eigenvalue weighted by molar-refractivity contribution is -0.129. The quantitative estimate of drug-likeness (QED) is 0.0798. The summed E-state index contributed by atoms with van der Waals surface area (Å²) in [6.45, 7) is 5.30. The first-order valence-corrected chi connectivity index (χ1v) is 12.0. The van der Waals surface area contributed by atoms with E-state index in [1.54, 1.807) is 45.0 Å². The zero-order valence-corrected chi connectivity index (χ0v) is 21.8. The number of hydrogen-bond donors (Lipinski definition) is 1. The summed E-state index contributed by atoms with van der Waals surface area (Å²) in [4.78, 5) is 24.5. The van der Waals surface area contributed by atoms with E-state index in [2.05, 4.69) is 10.1 Å². The Labute approximate surface area is 227 Å². The molecule has 0 spiro atoms. The number of esters is 1. The van der Waals surface area contributed by atoms with Crippen molar-refractivity contribution in [3.8, 4) is 11.5 Å². The highest BCUT2D eigenvalue weighted by Crippen LogP contribution is 2.29. The fraction of sp³-hybridized carbons (Fsp3) is 0.241. The zero-order chi connectivity index (χ0) is 29.4. The zero-order valence-electron chi connectivity index (χ0n) is 21.8. The molecule has 40 heavy (non-hydrogen) atoms. The molecule has 0 aromatic heterocycles. The fourth-order valence-corrected chi connectivity index (χ4v) is 3.35. The Balaban J connectivity index is 1.72. The third kappa shape index (κ3) is 8.55. The van der Waals surface area contributed by atoms with Crippen molar-refractivity contribution in [3.05, 3.63) is 107 Å². The second-order valence-corrected chi connectivity index (χ2v) is 9.55. The summed E-state index contributed by atoms with van der Waals surface area (Å²) in [5.74, 6) is -14.1. The molecule has 3 aromatic rings. The number of carbonyl (C=O) groups is 2. The third-order valence-corrected chi connectivity index (χ3v) is 5.17. The molecule has 0 radical (unpaired) electrons. The standard InChI is InChI=1S/C29H26F5NO5/c1-29(2,3)40-28(37)35-19(11-14-21(36)39-27-25(33)23(31)22(30)24(32)26(27)34)15-17-9-12-20(13-10-17)38-16-18-7-5-4-6-8-18/h4-14,19H,15-16H2,1-3H3,(H,35,37)/b14-11+/t19-/m1/s1. The van der Waals surface area contributed by atoms with Crippen molar-refractivity contribution in [2.45, 2.75) is 45.4 Å². The number of rotatable bonds is 9. The van der Waals surface area contributed by atoms with Crippen LogP contribution in [0, 0.1) is 29.1 Å². The van der Waals surface area contributed by atoms with Gasteiger partial charge in [0.2, 0.25) is 34.8 Å². The first-order valence-electron chi connectivity index (χ1n) is 12.0. The van der Waals surface area contributed by atoms with E-state index in [1.165, 1.54) is 0 Å². The number of alkyl carbamates (subject to hydrolysis) is 1. The van der Waals surface area contributed by atoms with Gasteiger partial charge in [0.15, 0.2) is 0 Å². The van der Waals surface area contributed by atoms with E-state index in [9.17, 15) is 31.5 Å². The van der Waals surface area contributed by atoms with Gasteiger partial charge in [0.25, 0.3) is 0 Å². The van der Waals surface area contributed by atoms with Crippen LogP contribution in [0.2, 0.25) is 0 Å². The monoisotopic (exact) mass is 563 g/mol. The number of ether oxygens (including phenoxy) is 3. The Hall–Kier alpha value is -4.41. The van der Waals surface area contributed by atoms with Crippen LogP contribution in [0.25, 0.3) is 0 Å². The van der Waals surface area contributed by atoms with E-state index in [4.69, 9.17) is 9.47 Å². The number of benzene rings is 3. The van der Waals surface area contributed by atoms with Crippen LogP contribution in [-0.4, -0.2) is 23.7 Å². The average Bonchev–Trinajstić information content (AvgIpc) is 2.91. The Morgan fingerprint density at radius 2 is 1.40 bits per heavy atom. The minimum atomic E-state index is -2.39. The molecule has 0 saturated carbocycles. The topological polar surface area (TPSA) is 73.9 Å². The lowest BCUT2D eigenvalue weighted by atomic mass is 10.1. The molecule has 0 aliphatic carbocycles. The molecule has 1 N–H and O–H groups in total. The van der Waals surface area contributed by atoms with Gasteiger partial charge in [0.1, 0.15) is 18.0 Å². The molecule has 0 fully saturated rings. The summed E-state index contributed by atoms with van der Waals surface area (Å²) < 4.78 is 83.1. The summed E-state index contributed by atoms with van der Waals surface area (Å²) in [5, 5.41) is 2.55. The summed E-state index contributed by atoms with van der Waals surface area (Å²) in [5.41, 5.74) is 0.850. The Morgan fingerprint density at radius 3 is 1.98 bits per heavy atom. The summed E-state index contributed by atoms with van der Waals surface area (Å²) in [6, 6.07) is 15.5. The van der Waals surface area contributed by atoms with Gasteiger partial charge >= 0.3 is 12.1 Å². The van der Waals surface area contributed by atoms with Gasteiger partial charge in [-0.2, -0.15) is 8.78 Å². The van der Waals surface area contributed by atoms with Crippen molar-refractivity contribution < 1.29 is 45.8 Å². The minimum absolute atomic E-state index is 0.129. The number of carbonyl (C=O) groups excluding carboxylic acids is 2. The maximum atomic E-state index is 13.9. The maximum Gasteiger partial charge on any atom is 0.408 e. The lowest BCUT2D eigenvalue weighted by Gasteiger charge is -2.22. The largest absolute Gasteiger partial charge is 0.489 e. The molecule has 212 valence electrons. The first kappa shape index (κ1) is 30.1. The van der Waals surface area contributed by atoms with E-state index < -0.39 is 58.5 Å². The summed E-state index contributed by atoms with van der Waals surface area (Å²) in [6.07, 6.45) is 1.14. The molecule has 6 nitrogen and oxygen atoms in total. The SMILES string of the molecule is CC(C)(C)OC(=O)N[C@H](/C=C/C(=O)Oc1c(F)c(F)c(F)c(F)c1F)Cc1ccc(OCc2ccccc2)cc1. The Bertz CT molecular complexity index is 1340. The molecule has 11 heteroatoms. The third-order valence-electron chi connectivity index (χ3n) is 5.17. The molecular weight excluding hydrogens is 537 g/mol. The van der Waals surface area contributed by atoms with Crippen LogP contribution in [0.1, 0.15) is 31.9 Å². The highest BCUT2D eigenvalue weighted by atomic mass is 19.2. The molecular formula is C29H26F5NO5. The second kappa shape index (κ2) is 13.1. The fourth-order valence-electron chi connectivity index (χ4n) is 3.35. The minimum Gasteiger partial charge on any atom is -0.489 e. The number of nitrogens with one attached hydrogen (secondary N) is 1. The predicted molar refractivity (Wildman–Crippen MR) is 135 cm³/mol. The lowest BCUT2D eigenvalue weighted by Crippen LogP contribution is -2.39. The summed E-state index contributed by atoms with van der Waals surface area (Å²) in [7, 11) is 0. The molecule has 1 atom stereocenters. The highest BCUT2D eigenvalue weighted by molar-refractivity contribution is 5.84. The van der Waals surface area contributed by atoms with E-state index in [0.717, 1.165) is 11.6 Å². The smallest absolute Gasteiger partial charge is 0.408 e. The van der Waals surface area contributed by atoms with Crippen molar-refractivity contribution in [1.29, 1.82) is 0 Å². The highest BCUT2D eigenvalue weighted by Gasteiger charge is 2.28. The van der Waals surface area contributed by atoms with Gasteiger partial charge < -0.3 is 19.5 Å². The van der Waals surface area contributed by atoms with Crippen LogP contribution < -0.4 is 14.8 Å². The van der Waals surface area contributed by atoms with Gasteiger partial charge in [-0.3, -0.25) is 0 Å². The van der Waals surface area contributed by atoms with Crippen molar-refractivity contribution in [2.75, 3.05) is 0 Å². The van der Waals surface area contributed by atoms with Gasteiger partial charge in [0, 0.05) is 6.08 Å². The number of hydrogen-bond acceptors (Lipinski definition) is 5. The van der Waals surface area contributed by atoms with Crippen LogP contribution >= 0.6 is 0 Å². The van der Waals surface area contributed by atoms with Crippen LogP contribution in [0.4, 0.5) is 26.7 Å². The van der Waals surface area contributed by atoms with Crippen molar-refractivity contribution in [3.63, 3.8) is 0 Å². The molecule has 3 rings (SSSR count). The maximum absolute atomic E-state index is 13.9. The van der Waals surface area contributed by atoms with E-state index in [0.29, 0.717) is 24.0 Å². The molecule has 0 bridgehead atoms. The Kier molecular flexibility index (Phi) is 9.87. The summed E-state index contributed by atoms with van der Waals surface area (Å²) >= 11 is 0. The van der Waals surface area contributed by atoms with Crippen LogP contribution in [0.3, 0.4) is 0 Å². The molecule has 0 saturated heterocycles. The normalized spacial score (nSPS) is 12.2. The van der Waals surface area contributed by atoms with Crippen LogP contribution in [0.5, 0.6) is 11.5 Å². The molecule has 0 aliphatic heterocycles. The van der Waals surface area contributed by atoms with Crippen molar-refractivity contribution >= 4 is 12.1 Å². The molecule has 0 aliphatic rings. The molecule has 3 aromatic carbocycles. The van der Waals surface area contributed by atoms with E-state index in [-0.39, 0.29) is 6.42 Å². The van der Waals surface area contributed by atoms with Crippen LogP contribution in [0.15, 0.2) is 66.7 Å². The van der Waals surface area contributed by atoms with Gasteiger partial charge in [-0.1, -0.05) is 48.5 Å². The average molecular weight is 564 g/mol. The predicted octanol–water partition coefficient (Wildman–Crippen LogP) is 6.56. The first-order chi connectivity index (χ1) is 18.8. The van der Waals surface area contributed by atoms with Gasteiger partial charge in [0.05, 0.1) is 6.04 Å². The van der Waals surface area contributed by atoms with Gasteiger partial charge in [-0.15, -0.1) is 0 Å². The second-order valence-electron chi connectivity index (χ2n) is 9.55. The number of halogens is 5. The van der Waals surface area contributed by atoms with E-state index in [1.807, 2.05) is 30.3 Å². The van der Waals surface area contributed by atoms with E-state index >= 15 is 0 Å². The molecule has 0 unspecified atom stereocenters. The molecule has 1 amide bonds. The van der Waals surface area contributed by atoms with Crippen molar-refractivity contribution in [2.24, 2.45) is 0 Å². The van der Waals surface area contributed by atoms with Crippen LogP contribution in [-0.2, 0) is 22.6 Å². The van der Waals surface area contributed by atoms with Gasteiger partial charge in [-0.25, -0.2) is 22.8 Å². The van der Waals surface area contributed by atoms with Crippen molar-refractivity contribution in [1.82, 2.24) is 5.32 Å².